The molecule has 4 nitrogen and oxygen atoms in total. The van der Waals surface area contributed by atoms with Crippen molar-refractivity contribution in [2.24, 2.45) is 0 Å². The Morgan fingerprint density at radius 3 is 2.09 bits per heavy atom. The summed E-state index contributed by atoms with van der Waals surface area (Å²) >= 11 is 3.39. The van der Waals surface area contributed by atoms with Crippen LogP contribution in [0.15, 0.2) is 34.8 Å². The van der Waals surface area contributed by atoms with Gasteiger partial charge < -0.3 is 14.8 Å². The summed E-state index contributed by atoms with van der Waals surface area (Å²) in [6.45, 7) is 4.04. The summed E-state index contributed by atoms with van der Waals surface area (Å²) in [7, 11) is 3.09. The summed E-state index contributed by atoms with van der Waals surface area (Å²) in [6, 6.07) is 9.15. The van der Waals surface area contributed by atoms with Crippen molar-refractivity contribution < 1.29 is 14.3 Å². The van der Waals surface area contributed by atoms with Crippen molar-refractivity contribution in [2.45, 2.75) is 13.8 Å². The van der Waals surface area contributed by atoms with Crippen LogP contribution in [0.25, 0.3) is 0 Å². The molecule has 116 valence electrons. The van der Waals surface area contributed by atoms with E-state index in [1.54, 1.807) is 26.4 Å². The molecule has 2 rings (SSSR count). The summed E-state index contributed by atoms with van der Waals surface area (Å²) in [4.78, 5) is 12.4. The van der Waals surface area contributed by atoms with Crippen LogP contribution >= 0.6 is 15.9 Å². The van der Waals surface area contributed by atoms with Gasteiger partial charge in [-0.15, -0.1) is 0 Å². The third-order valence-corrected chi connectivity index (χ3v) is 4.25. The van der Waals surface area contributed by atoms with Crippen molar-refractivity contribution in [3.8, 4) is 11.5 Å². The summed E-state index contributed by atoms with van der Waals surface area (Å²) in [6.07, 6.45) is 0. The number of amides is 1. The van der Waals surface area contributed by atoms with E-state index >= 15 is 0 Å². The molecule has 0 aliphatic carbocycles. The number of rotatable bonds is 4. The molecule has 1 amide bonds. The van der Waals surface area contributed by atoms with Crippen molar-refractivity contribution in [3.63, 3.8) is 0 Å². The van der Waals surface area contributed by atoms with Crippen LogP contribution in [0.3, 0.4) is 0 Å². The maximum Gasteiger partial charge on any atom is 0.255 e. The van der Waals surface area contributed by atoms with Gasteiger partial charge in [-0.05, 0) is 65.2 Å². The molecule has 0 aliphatic rings. The highest BCUT2D eigenvalue weighted by Gasteiger charge is 2.15. The summed E-state index contributed by atoms with van der Waals surface area (Å²) in [5, 5.41) is 2.88. The molecule has 0 bridgehead atoms. The SMILES string of the molecule is COc1cc(C(=O)Nc2ccc(C)c(C)c2)cc(OC)c1Br. The van der Waals surface area contributed by atoms with Crippen molar-refractivity contribution in [1.29, 1.82) is 0 Å². The van der Waals surface area contributed by atoms with E-state index in [1.165, 1.54) is 5.56 Å². The maximum absolute atomic E-state index is 12.4. The van der Waals surface area contributed by atoms with Gasteiger partial charge in [-0.2, -0.15) is 0 Å². The molecule has 0 aromatic heterocycles. The topological polar surface area (TPSA) is 47.6 Å². The fourth-order valence-corrected chi connectivity index (χ4v) is 2.58. The lowest BCUT2D eigenvalue weighted by molar-refractivity contribution is 0.102. The molecule has 0 saturated heterocycles. The van der Waals surface area contributed by atoms with Gasteiger partial charge in [-0.25, -0.2) is 0 Å². The second-order valence-corrected chi connectivity index (χ2v) is 5.74. The molecule has 1 N–H and O–H groups in total. The molecule has 2 aromatic rings. The van der Waals surface area contributed by atoms with Crippen LogP contribution in [0.4, 0.5) is 5.69 Å². The van der Waals surface area contributed by atoms with E-state index in [1.807, 2.05) is 32.0 Å². The van der Waals surface area contributed by atoms with E-state index in [4.69, 9.17) is 9.47 Å². The van der Waals surface area contributed by atoms with E-state index in [2.05, 4.69) is 21.2 Å². The lowest BCUT2D eigenvalue weighted by Crippen LogP contribution is -2.12. The van der Waals surface area contributed by atoms with Gasteiger partial charge in [0.2, 0.25) is 0 Å². The van der Waals surface area contributed by atoms with Crippen LogP contribution in [0.1, 0.15) is 21.5 Å². The van der Waals surface area contributed by atoms with Crippen LogP contribution in [0.2, 0.25) is 0 Å². The van der Waals surface area contributed by atoms with Crippen molar-refractivity contribution in [1.82, 2.24) is 0 Å². The summed E-state index contributed by atoms with van der Waals surface area (Å²) < 4.78 is 11.2. The average molecular weight is 364 g/mol. The van der Waals surface area contributed by atoms with Crippen LogP contribution in [0, 0.1) is 13.8 Å². The summed E-state index contributed by atoms with van der Waals surface area (Å²) in [5.41, 5.74) is 3.54. The Bertz CT molecular complexity index is 688. The van der Waals surface area contributed by atoms with Gasteiger partial charge in [0, 0.05) is 11.3 Å². The van der Waals surface area contributed by atoms with E-state index in [0.717, 1.165) is 11.3 Å². The highest BCUT2D eigenvalue weighted by Crippen LogP contribution is 2.35. The van der Waals surface area contributed by atoms with Gasteiger partial charge in [-0.3, -0.25) is 4.79 Å². The van der Waals surface area contributed by atoms with E-state index in [0.29, 0.717) is 21.5 Å². The predicted molar refractivity (Wildman–Crippen MR) is 91.1 cm³/mol. The number of benzene rings is 2. The van der Waals surface area contributed by atoms with Crippen LogP contribution in [0.5, 0.6) is 11.5 Å². The quantitative estimate of drug-likeness (QED) is 0.878. The lowest BCUT2D eigenvalue weighted by atomic mass is 10.1. The first-order valence-corrected chi connectivity index (χ1v) is 7.55. The number of carbonyl (C=O) groups excluding carboxylic acids is 1. The second-order valence-electron chi connectivity index (χ2n) is 4.95. The number of ether oxygens (including phenoxy) is 2. The molecule has 0 unspecified atom stereocenters. The molecule has 0 spiro atoms. The smallest absolute Gasteiger partial charge is 0.255 e. The second kappa shape index (κ2) is 6.83. The zero-order chi connectivity index (χ0) is 16.3. The van der Waals surface area contributed by atoms with Crippen molar-refractivity contribution in [3.05, 3.63) is 51.5 Å². The number of hydrogen-bond donors (Lipinski definition) is 1. The molecular formula is C17H18BrNO3. The minimum Gasteiger partial charge on any atom is -0.495 e. The highest BCUT2D eigenvalue weighted by atomic mass is 79.9. The standard InChI is InChI=1S/C17H18BrNO3/c1-10-5-6-13(7-11(10)2)19-17(20)12-8-14(21-3)16(18)15(9-12)22-4/h5-9H,1-4H3,(H,19,20). The lowest BCUT2D eigenvalue weighted by Gasteiger charge is -2.12. The molecule has 22 heavy (non-hydrogen) atoms. The van der Waals surface area contributed by atoms with E-state index < -0.39 is 0 Å². The Morgan fingerprint density at radius 1 is 1.00 bits per heavy atom. The Hall–Kier alpha value is -2.01. The number of halogens is 1. The Balaban J connectivity index is 2.31. The number of hydrogen-bond acceptors (Lipinski definition) is 3. The van der Waals surface area contributed by atoms with Gasteiger partial charge in [0.05, 0.1) is 14.2 Å². The third-order valence-electron chi connectivity index (χ3n) is 3.47. The molecule has 0 fully saturated rings. The normalized spacial score (nSPS) is 10.2. The van der Waals surface area contributed by atoms with Crippen molar-refractivity contribution in [2.75, 3.05) is 19.5 Å². The van der Waals surface area contributed by atoms with E-state index in [9.17, 15) is 4.79 Å². The van der Waals surface area contributed by atoms with Crippen molar-refractivity contribution >= 4 is 27.5 Å². The zero-order valence-electron chi connectivity index (χ0n) is 13.0. The number of nitrogens with one attached hydrogen (secondary N) is 1. The van der Waals surface area contributed by atoms with Gasteiger partial charge >= 0.3 is 0 Å². The molecule has 0 saturated carbocycles. The maximum atomic E-state index is 12.4. The van der Waals surface area contributed by atoms with Crippen LogP contribution in [-0.2, 0) is 0 Å². The van der Waals surface area contributed by atoms with Gasteiger partial charge in [-0.1, -0.05) is 6.07 Å². The van der Waals surface area contributed by atoms with Gasteiger partial charge in [0.15, 0.2) is 0 Å². The monoisotopic (exact) mass is 363 g/mol. The number of carbonyl (C=O) groups is 1. The Labute approximate surface area is 138 Å². The molecule has 5 heteroatoms. The predicted octanol–water partition coefficient (Wildman–Crippen LogP) is 4.34. The van der Waals surface area contributed by atoms with E-state index in [-0.39, 0.29) is 5.91 Å². The highest BCUT2D eigenvalue weighted by molar-refractivity contribution is 9.10. The molecule has 0 atom stereocenters. The molecule has 0 heterocycles. The minimum atomic E-state index is -0.215. The Morgan fingerprint density at radius 2 is 1.59 bits per heavy atom. The fraction of sp³-hybridized carbons (Fsp3) is 0.235. The number of aryl methyl sites for hydroxylation is 2. The fourth-order valence-electron chi connectivity index (χ4n) is 2.02. The summed E-state index contributed by atoms with van der Waals surface area (Å²) in [5.74, 6) is 0.876. The van der Waals surface area contributed by atoms with Crippen LogP contribution in [-0.4, -0.2) is 20.1 Å². The largest absolute Gasteiger partial charge is 0.495 e. The van der Waals surface area contributed by atoms with Gasteiger partial charge in [0.25, 0.3) is 5.91 Å². The van der Waals surface area contributed by atoms with Gasteiger partial charge in [0.1, 0.15) is 16.0 Å². The Kier molecular flexibility index (Phi) is 5.08. The first-order valence-electron chi connectivity index (χ1n) is 6.76. The van der Waals surface area contributed by atoms with Crippen LogP contribution < -0.4 is 14.8 Å². The first-order chi connectivity index (χ1) is 10.5. The average Bonchev–Trinajstić information content (AvgIpc) is 2.51. The molecule has 0 radical (unpaired) electrons. The molecular weight excluding hydrogens is 346 g/mol. The first kappa shape index (κ1) is 16.4. The zero-order valence-corrected chi connectivity index (χ0v) is 14.6. The number of methoxy groups -OCH3 is 2. The molecule has 0 aliphatic heterocycles. The third kappa shape index (κ3) is 3.42. The molecule has 2 aromatic carbocycles. The number of anilines is 1. The minimum absolute atomic E-state index is 0.215.